The summed E-state index contributed by atoms with van der Waals surface area (Å²) >= 11 is 5.89. The summed E-state index contributed by atoms with van der Waals surface area (Å²) in [6, 6.07) is 12.2. The van der Waals surface area contributed by atoms with Crippen molar-refractivity contribution in [3.8, 4) is 11.5 Å². The Balaban J connectivity index is 1.88. The van der Waals surface area contributed by atoms with Gasteiger partial charge in [0.1, 0.15) is 13.2 Å². The Kier molecular flexibility index (Phi) is 6.29. The molecule has 0 aliphatic carbocycles. The molecule has 0 amide bonds. The Morgan fingerprint density at radius 3 is 2.36 bits per heavy atom. The maximum atomic E-state index is 12.2. The van der Waals surface area contributed by atoms with Gasteiger partial charge in [0.05, 0.1) is 0 Å². The average molecular weight is 396 g/mol. The highest BCUT2D eigenvalue weighted by Gasteiger charge is 2.24. The minimum absolute atomic E-state index is 0.194. The lowest BCUT2D eigenvalue weighted by molar-refractivity contribution is -0.129. The molecule has 28 heavy (non-hydrogen) atoms. The number of aliphatic imine (C=N–C) groups is 1. The summed E-state index contributed by atoms with van der Waals surface area (Å²) in [6.45, 7) is 7.96. The highest BCUT2D eigenvalue weighted by atomic mass is 35.5. The van der Waals surface area contributed by atoms with Crippen LogP contribution in [0.4, 0.5) is 0 Å². The number of hydrogen-bond donors (Lipinski definition) is 0. The number of hydrogen-bond acceptors (Lipinski definition) is 5. The van der Waals surface area contributed by atoms with Gasteiger partial charge in [0.2, 0.25) is 5.90 Å². The van der Waals surface area contributed by atoms with Gasteiger partial charge in [-0.25, -0.2) is 9.79 Å². The SMILES string of the molecule is C=CCOc1ccc(/C=C2/N=C(c3ccc(Cl)cc3)OC2=O)cc1OCC=C. The normalized spacial score (nSPS) is 14.4. The number of ether oxygens (including phenoxy) is 3. The van der Waals surface area contributed by atoms with Crippen LogP contribution < -0.4 is 9.47 Å². The number of nitrogens with zero attached hydrogens (tertiary/aromatic N) is 1. The quantitative estimate of drug-likeness (QED) is 0.365. The third kappa shape index (κ3) is 4.69. The van der Waals surface area contributed by atoms with Crippen LogP contribution in [0, 0.1) is 0 Å². The lowest BCUT2D eigenvalue weighted by Gasteiger charge is -2.11. The standard InChI is InChI=1S/C22H18ClNO4/c1-3-11-26-19-10-5-15(14-20(19)27-12-4-2)13-18-22(25)28-21(24-18)16-6-8-17(23)9-7-16/h3-10,13-14H,1-2,11-12H2/b18-13+. The number of carbonyl (C=O) groups is 1. The van der Waals surface area contributed by atoms with E-state index in [2.05, 4.69) is 18.2 Å². The zero-order valence-electron chi connectivity index (χ0n) is 15.1. The Labute approximate surface area is 168 Å². The van der Waals surface area contributed by atoms with Crippen molar-refractivity contribution in [2.75, 3.05) is 13.2 Å². The van der Waals surface area contributed by atoms with Crippen LogP contribution in [0.25, 0.3) is 6.08 Å². The molecule has 0 radical (unpaired) electrons. The van der Waals surface area contributed by atoms with Gasteiger partial charge in [-0.2, -0.15) is 0 Å². The Morgan fingerprint density at radius 1 is 1.00 bits per heavy atom. The summed E-state index contributed by atoms with van der Waals surface area (Å²) < 4.78 is 16.5. The molecular formula is C22H18ClNO4. The molecule has 2 aromatic rings. The first-order chi connectivity index (χ1) is 13.6. The molecule has 2 aromatic carbocycles. The summed E-state index contributed by atoms with van der Waals surface area (Å²) in [4.78, 5) is 16.5. The minimum Gasteiger partial charge on any atom is -0.486 e. The molecule has 0 saturated heterocycles. The largest absolute Gasteiger partial charge is 0.486 e. The van der Waals surface area contributed by atoms with Gasteiger partial charge in [0, 0.05) is 10.6 Å². The van der Waals surface area contributed by atoms with Crippen molar-refractivity contribution in [2.24, 2.45) is 4.99 Å². The fraction of sp³-hybridized carbons (Fsp3) is 0.0909. The van der Waals surface area contributed by atoms with Crippen LogP contribution in [-0.4, -0.2) is 25.1 Å². The summed E-state index contributed by atoms with van der Waals surface area (Å²) in [5.74, 6) is 0.820. The van der Waals surface area contributed by atoms with E-state index < -0.39 is 5.97 Å². The van der Waals surface area contributed by atoms with E-state index in [1.54, 1.807) is 60.7 Å². The van der Waals surface area contributed by atoms with Gasteiger partial charge in [-0.1, -0.05) is 43.0 Å². The zero-order valence-corrected chi connectivity index (χ0v) is 15.8. The lowest BCUT2D eigenvalue weighted by Crippen LogP contribution is -2.05. The molecule has 0 N–H and O–H groups in total. The molecule has 0 spiro atoms. The Hall–Kier alpha value is -3.31. The molecule has 142 valence electrons. The van der Waals surface area contributed by atoms with E-state index >= 15 is 0 Å². The lowest BCUT2D eigenvalue weighted by atomic mass is 10.1. The van der Waals surface area contributed by atoms with Gasteiger partial charge in [0.15, 0.2) is 17.2 Å². The van der Waals surface area contributed by atoms with Crippen LogP contribution >= 0.6 is 11.6 Å². The van der Waals surface area contributed by atoms with E-state index in [1.807, 2.05) is 0 Å². The first-order valence-corrected chi connectivity index (χ1v) is 8.88. The zero-order chi connectivity index (χ0) is 19.9. The molecule has 6 heteroatoms. The molecular weight excluding hydrogens is 378 g/mol. The van der Waals surface area contributed by atoms with Crippen LogP contribution in [0.2, 0.25) is 5.02 Å². The molecule has 0 bridgehead atoms. The predicted molar refractivity (Wildman–Crippen MR) is 110 cm³/mol. The molecule has 5 nitrogen and oxygen atoms in total. The van der Waals surface area contributed by atoms with Gasteiger partial charge in [-0.15, -0.1) is 0 Å². The van der Waals surface area contributed by atoms with Crippen LogP contribution in [0.1, 0.15) is 11.1 Å². The van der Waals surface area contributed by atoms with Crippen molar-refractivity contribution in [2.45, 2.75) is 0 Å². The second-order valence-electron chi connectivity index (χ2n) is 5.75. The first-order valence-electron chi connectivity index (χ1n) is 8.50. The monoisotopic (exact) mass is 395 g/mol. The highest BCUT2D eigenvalue weighted by Crippen LogP contribution is 2.30. The van der Waals surface area contributed by atoms with Crippen LogP contribution in [0.15, 0.2) is 78.5 Å². The van der Waals surface area contributed by atoms with Crippen molar-refractivity contribution in [3.05, 3.63) is 89.6 Å². The fourth-order valence-corrected chi connectivity index (χ4v) is 2.55. The van der Waals surface area contributed by atoms with Gasteiger partial charge in [-0.3, -0.25) is 0 Å². The van der Waals surface area contributed by atoms with Crippen LogP contribution in [-0.2, 0) is 9.53 Å². The minimum atomic E-state index is -0.523. The van der Waals surface area contributed by atoms with Gasteiger partial charge in [-0.05, 0) is 48.0 Å². The summed E-state index contributed by atoms with van der Waals surface area (Å²) in [5.41, 5.74) is 1.58. The van der Waals surface area contributed by atoms with Crippen molar-refractivity contribution in [1.82, 2.24) is 0 Å². The van der Waals surface area contributed by atoms with E-state index in [4.69, 9.17) is 25.8 Å². The number of carbonyl (C=O) groups excluding carboxylic acids is 1. The molecule has 0 unspecified atom stereocenters. The third-order valence-electron chi connectivity index (χ3n) is 3.70. The maximum Gasteiger partial charge on any atom is 0.363 e. The fourth-order valence-electron chi connectivity index (χ4n) is 2.43. The van der Waals surface area contributed by atoms with Gasteiger partial charge in [0.25, 0.3) is 0 Å². The first kappa shape index (κ1) is 19.5. The number of benzene rings is 2. The molecule has 1 aliphatic heterocycles. The predicted octanol–water partition coefficient (Wildman–Crippen LogP) is 4.81. The Bertz CT molecular complexity index is 961. The molecule has 3 rings (SSSR count). The van der Waals surface area contributed by atoms with E-state index in [0.717, 1.165) is 5.56 Å². The van der Waals surface area contributed by atoms with Crippen molar-refractivity contribution >= 4 is 29.5 Å². The van der Waals surface area contributed by atoms with Crippen LogP contribution in [0.3, 0.4) is 0 Å². The highest BCUT2D eigenvalue weighted by molar-refractivity contribution is 6.30. The average Bonchev–Trinajstić information content (AvgIpc) is 3.06. The van der Waals surface area contributed by atoms with E-state index in [9.17, 15) is 4.79 Å². The number of rotatable bonds is 8. The number of esters is 1. The second kappa shape index (κ2) is 9.06. The Morgan fingerprint density at radius 2 is 1.68 bits per heavy atom. The smallest absolute Gasteiger partial charge is 0.363 e. The number of halogens is 1. The molecule has 0 aromatic heterocycles. The van der Waals surface area contributed by atoms with E-state index in [1.165, 1.54) is 0 Å². The third-order valence-corrected chi connectivity index (χ3v) is 3.95. The van der Waals surface area contributed by atoms with Gasteiger partial charge < -0.3 is 14.2 Å². The molecule has 1 aliphatic rings. The summed E-state index contributed by atoms with van der Waals surface area (Å²) in [7, 11) is 0. The van der Waals surface area contributed by atoms with E-state index in [0.29, 0.717) is 35.3 Å². The van der Waals surface area contributed by atoms with Crippen LogP contribution in [0.5, 0.6) is 11.5 Å². The molecule has 0 fully saturated rings. The van der Waals surface area contributed by atoms with Crippen molar-refractivity contribution in [3.63, 3.8) is 0 Å². The molecule has 0 atom stereocenters. The number of cyclic esters (lactones) is 1. The van der Waals surface area contributed by atoms with Gasteiger partial charge >= 0.3 is 5.97 Å². The second-order valence-corrected chi connectivity index (χ2v) is 6.18. The molecule has 0 saturated carbocycles. The summed E-state index contributed by atoms with van der Waals surface area (Å²) in [5, 5.41) is 0.593. The van der Waals surface area contributed by atoms with Crippen molar-refractivity contribution < 1.29 is 19.0 Å². The maximum absolute atomic E-state index is 12.2. The molecule has 1 heterocycles. The van der Waals surface area contributed by atoms with Crippen molar-refractivity contribution in [1.29, 1.82) is 0 Å². The summed E-state index contributed by atoms with van der Waals surface area (Å²) in [6.07, 6.45) is 4.91. The topological polar surface area (TPSA) is 57.1 Å². The van der Waals surface area contributed by atoms with E-state index in [-0.39, 0.29) is 11.6 Å².